The Morgan fingerprint density at radius 1 is 1.10 bits per heavy atom. The number of benzene rings is 1. The molecule has 4 heteroatoms. The third-order valence-electron chi connectivity index (χ3n) is 4.83. The standard InChI is InChI=1S/C16H21ClN2O/c1-18-9-6-16(12-18)7-10-19(11-8-16)15(20)13-2-4-14(17)5-3-13/h2-5H,6-12H2,1H3. The molecule has 0 N–H and O–H groups in total. The second-order valence-corrected chi connectivity index (χ2v) is 6.72. The summed E-state index contributed by atoms with van der Waals surface area (Å²) in [5, 5.41) is 0.674. The van der Waals surface area contributed by atoms with E-state index in [0.717, 1.165) is 31.5 Å². The minimum atomic E-state index is 0.142. The number of hydrogen-bond acceptors (Lipinski definition) is 2. The van der Waals surface area contributed by atoms with Crippen LogP contribution in [-0.4, -0.2) is 48.9 Å². The molecule has 0 aromatic heterocycles. The van der Waals surface area contributed by atoms with E-state index in [-0.39, 0.29) is 5.91 Å². The number of nitrogens with zero attached hydrogens (tertiary/aromatic N) is 2. The third kappa shape index (κ3) is 2.70. The lowest BCUT2D eigenvalue weighted by molar-refractivity contribution is 0.0594. The Kier molecular flexibility index (Phi) is 3.74. The molecule has 3 nitrogen and oxygen atoms in total. The van der Waals surface area contributed by atoms with Crippen LogP contribution in [0.2, 0.25) is 5.02 Å². The van der Waals surface area contributed by atoms with Crippen molar-refractivity contribution in [1.82, 2.24) is 9.80 Å². The number of hydrogen-bond donors (Lipinski definition) is 0. The zero-order valence-corrected chi connectivity index (χ0v) is 12.7. The number of amides is 1. The molecule has 1 spiro atoms. The molecular weight excluding hydrogens is 272 g/mol. The van der Waals surface area contributed by atoms with E-state index in [1.807, 2.05) is 17.0 Å². The van der Waals surface area contributed by atoms with Gasteiger partial charge >= 0.3 is 0 Å². The van der Waals surface area contributed by atoms with Crippen LogP contribution in [0.4, 0.5) is 0 Å². The van der Waals surface area contributed by atoms with Crippen molar-refractivity contribution in [3.05, 3.63) is 34.9 Å². The van der Waals surface area contributed by atoms with Crippen molar-refractivity contribution in [1.29, 1.82) is 0 Å². The summed E-state index contributed by atoms with van der Waals surface area (Å²) in [5.74, 6) is 0.142. The highest BCUT2D eigenvalue weighted by Crippen LogP contribution is 2.39. The average molecular weight is 293 g/mol. The first-order chi connectivity index (χ1) is 9.58. The van der Waals surface area contributed by atoms with Crippen LogP contribution in [0.5, 0.6) is 0 Å². The van der Waals surface area contributed by atoms with Gasteiger partial charge in [-0.25, -0.2) is 0 Å². The smallest absolute Gasteiger partial charge is 0.253 e. The largest absolute Gasteiger partial charge is 0.339 e. The van der Waals surface area contributed by atoms with Gasteiger partial charge in [-0.05, 0) is 62.5 Å². The number of piperidine rings is 1. The van der Waals surface area contributed by atoms with Crippen LogP contribution in [0, 0.1) is 5.41 Å². The van der Waals surface area contributed by atoms with Crippen molar-refractivity contribution in [2.75, 3.05) is 33.2 Å². The monoisotopic (exact) mass is 292 g/mol. The van der Waals surface area contributed by atoms with Crippen LogP contribution in [0.1, 0.15) is 29.6 Å². The second kappa shape index (κ2) is 5.38. The summed E-state index contributed by atoms with van der Waals surface area (Å²) in [6.45, 7) is 4.16. The lowest BCUT2D eigenvalue weighted by Crippen LogP contribution is -2.44. The van der Waals surface area contributed by atoms with Gasteiger partial charge in [0, 0.05) is 30.2 Å². The molecule has 1 aromatic carbocycles. The molecule has 0 bridgehead atoms. The molecule has 20 heavy (non-hydrogen) atoms. The maximum absolute atomic E-state index is 12.5. The highest BCUT2D eigenvalue weighted by Gasteiger charge is 2.40. The van der Waals surface area contributed by atoms with E-state index in [0.29, 0.717) is 10.4 Å². The van der Waals surface area contributed by atoms with Crippen LogP contribution < -0.4 is 0 Å². The Labute approximate surface area is 125 Å². The highest BCUT2D eigenvalue weighted by molar-refractivity contribution is 6.30. The molecule has 3 rings (SSSR count). The van der Waals surface area contributed by atoms with E-state index in [4.69, 9.17) is 11.6 Å². The molecule has 108 valence electrons. The first-order valence-electron chi connectivity index (χ1n) is 7.31. The molecule has 1 amide bonds. The highest BCUT2D eigenvalue weighted by atomic mass is 35.5. The van der Waals surface area contributed by atoms with E-state index < -0.39 is 0 Å². The fourth-order valence-corrected chi connectivity index (χ4v) is 3.65. The summed E-state index contributed by atoms with van der Waals surface area (Å²) < 4.78 is 0. The van der Waals surface area contributed by atoms with Gasteiger partial charge in [0.15, 0.2) is 0 Å². The fraction of sp³-hybridized carbons (Fsp3) is 0.562. The van der Waals surface area contributed by atoms with Crippen molar-refractivity contribution in [2.45, 2.75) is 19.3 Å². The number of carbonyl (C=O) groups excluding carboxylic acids is 1. The van der Waals surface area contributed by atoms with Gasteiger partial charge in [-0.15, -0.1) is 0 Å². The quantitative estimate of drug-likeness (QED) is 0.795. The van der Waals surface area contributed by atoms with Crippen LogP contribution in [0.15, 0.2) is 24.3 Å². The first kappa shape index (κ1) is 13.9. The van der Waals surface area contributed by atoms with Gasteiger partial charge in [0.2, 0.25) is 0 Å². The fourth-order valence-electron chi connectivity index (χ4n) is 3.53. The molecule has 2 saturated heterocycles. The Morgan fingerprint density at radius 3 is 2.25 bits per heavy atom. The van der Waals surface area contributed by atoms with Gasteiger partial charge in [-0.3, -0.25) is 4.79 Å². The zero-order valence-electron chi connectivity index (χ0n) is 11.9. The summed E-state index contributed by atoms with van der Waals surface area (Å²) in [6, 6.07) is 7.20. The molecule has 2 aliphatic rings. The summed E-state index contributed by atoms with van der Waals surface area (Å²) in [7, 11) is 2.19. The predicted octanol–water partition coefficient (Wildman–Crippen LogP) is 2.90. The van der Waals surface area contributed by atoms with E-state index in [1.165, 1.54) is 19.5 Å². The molecule has 0 radical (unpaired) electrons. The van der Waals surface area contributed by atoms with Gasteiger partial charge in [-0.2, -0.15) is 0 Å². The molecule has 2 fully saturated rings. The van der Waals surface area contributed by atoms with Gasteiger partial charge in [0.05, 0.1) is 0 Å². The Bertz CT molecular complexity index is 492. The van der Waals surface area contributed by atoms with Crippen molar-refractivity contribution in [3.63, 3.8) is 0 Å². The number of rotatable bonds is 1. The first-order valence-corrected chi connectivity index (χ1v) is 7.69. The van der Waals surface area contributed by atoms with Gasteiger partial charge in [-0.1, -0.05) is 11.6 Å². The Hall–Kier alpha value is -1.06. The molecule has 0 saturated carbocycles. The lowest BCUT2D eigenvalue weighted by atomic mass is 9.77. The van der Waals surface area contributed by atoms with Crippen LogP contribution >= 0.6 is 11.6 Å². The number of halogens is 1. The maximum Gasteiger partial charge on any atom is 0.253 e. The lowest BCUT2D eigenvalue weighted by Gasteiger charge is -2.39. The summed E-state index contributed by atoms with van der Waals surface area (Å²) in [6.07, 6.45) is 3.56. The van der Waals surface area contributed by atoms with Crippen molar-refractivity contribution in [3.8, 4) is 0 Å². The normalized spacial score (nSPS) is 22.4. The summed E-state index contributed by atoms with van der Waals surface area (Å²) >= 11 is 5.87. The van der Waals surface area contributed by atoms with E-state index in [2.05, 4.69) is 11.9 Å². The van der Waals surface area contributed by atoms with Gasteiger partial charge in [0.25, 0.3) is 5.91 Å². The minimum absolute atomic E-state index is 0.142. The van der Waals surface area contributed by atoms with Crippen LogP contribution in [0.25, 0.3) is 0 Å². The number of likely N-dealkylation sites (tertiary alicyclic amines) is 2. The molecule has 0 atom stereocenters. The van der Waals surface area contributed by atoms with Crippen LogP contribution in [0.3, 0.4) is 0 Å². The maximum atomic E-state index is 12.5. The SMILES string of the molecule is CN1CCC2(CCN(C(=O)c3ccc(Cl)cc3)CC2)C1. The molecule has 0 unspecified atom stereocenters. The topological polar surface area (TPSA) is 23.6 Å². The average Bonchev–Trinajstić information content (AvgIpc) is 2.81. The molecular formula is C16H21ClN2O. The predicted molar refractivity (Wildman–Crippen MR) is 81.1 cm³/mol. The molecule has 2 heterocycles. The van der Waals surface area contributed by atoms with Gasteiger partial charge in [0.1, 0.15) is 0 Å². The summed E-state index contributed by atoms with van der Waals surface area (Å²) in [4.78, 5) is 16.9. The molecule has 0 aliphatic carbocycles. The van der Waals surface area contributed by atoms with Crippen molar-refractivity contribution >= 4 is 17.5 Å². The van der Waals surface area contributed by atoms with E-state index in [9.17, 15) is 4.79 Å². The van der Waals surface area contributed by atoms with Crippen molar-refractivity contribution in [2.24, 2.45) is 5.41 Å². The third-order valence-corrected chi connectivity index (χ3v) is 5.08. The van der Waals surface area contributed by atoms with Crippen molar-refractivity contribution < 1.29 is 4.79 Å². The molecule has 2 aliphatic heterocycles. The van der Waals surface area contributed by atoms with Crippen LogP contribution in [-0.2, 0) is 0 Å². The number of carbonyl (C=O) groups is 1. The molecule has 1 aromatic rings. The minimum Gasteiger partial charge on any atom is -0.339 e. The second-order valence-electron chi connectivity index (χ2n) is 6.29. The Morgan fingerprint density at radius 2 is 1.70 bits per heavy atom. The van der Waals surface area contributed by atoms with E-state index in [1.54, 1.807) is 12.1 Å². The summed E-state index contributed by atoms with van der Waals surface area (Å²) in [5.41, 5.74) is 1.21. The van der Waals surface area contributed by atoms with E-state index >= 15 is 0 Å². The van der Waals surface area contributed by atoms with Gasteiger partial charge < -0.3 is 9.80 Å². The zero-order chi connectivity index (χ0) is 14.2. The Balaban J connectivity index is 1.63.